The average Bonchev–Trinajstić information content (AvgIpc) is 3.36. The first-order valence-electron chi connectivity index (χ1n) is 12.2. The predicted octanol–water partition coefficient (Wildman–Crippen LogP) is 6.92. The number of fused-ring (bicyclic) bond motifs is 3. The molecule has 0 N–H and O–H groups in total. The molecule has 2 aromatic carbocycles. The Hall–Kier alpha value is -3.51. The predicted molar refractivity (Wildman–Crippen MR) is 135 cm³/mol. The van der Waals surface area contributed by atoms with Crippen LogP contribution in [-0.2, 0) is 4.74 Å². The van der Waals surface area contributed by atoms with Crippen LogP contribution in [0.4, 0.5) is 4.39 Å². The van der Waals surface area contributed by atoms with E-state index in [1.54, 1.807) is 6.07 Å². The summed E-state index contributed by atoms with van der Waals surface area (Å²) in [5, 5.41) is 5.25. The Bertz CT molecular complexity index is 1530. The van der Waals surface area contributed by atoms with Crippen LogP contribution in [0.2, 0.25) is 0 Å². The second-order valence-corrected chi connectivity index (χ2v) is 9.63. The molecule has 6 rings (SSSR count). The number of pyridine rings is 1. The highest BCUT2D eigenvalue weighted by Gasteiger charge is 2.30. The van der Waals surface area contributed by atoms with Crippen molar-refractivity contribution in [2.45, 2.75) is 39.7 Å². The third-order valence-corrected chi connectivity index (χ3v) is 7.30. The first kappa shape index (κ1) is 22.0. The molecule has 3 aromatic heterocycles. The zero-order valence-corrected chi connectivity index (χ0v) is 20.2. The molecule has 0 spiro atoms. The number of aryl methyl sites for hydroxylation is 3. The Morgan fingerprint density at radius 2 is 1.83 bits per heavy atom. The molecule has 4 heterocycles. The van der Waals surface area contributed by atoms with Crippen LogP contribution in [0.25, 0.3) is 33.1 Å². The van der Waals surface area contributed by atoms with Gasteiger partial charge in [-0.1, -0.05) is 29.4 Å². The molecule has 178 valence electrons. The number of nitrogens with zero attached hydrogens (tertiary/aromatic N) is 3. The van der Waals surface area contributed by atoms with Crippen molar-refractivity contribution in [3.05, 3.63) is 83.1 Å². The van der Waals surface area contributed by atoms with Crippen molar-refractivity contribution in [3.63, 3.8) is 0 Å². The summed E-state index contributed by atoms with van der Waals surface area (Å²) in [6, 6.07) is 15.7. The van der Waals surface area contributed by atoms with E-state index in [0.29, 0.717) is 5.92 Å². The zero-order chi connectivity index (χ0) is 24.1. The van der Waals surface area contributed by atoms with E-state index >= 15 is 0 Å². The van der Waals surface area contributed by atoms with Crippen molar-refractivity contribution in [2.75, 3.05) is 13.2 Å². The third kappa shape index (κ3) is 3.73. The van der Waals surface area contributed by atoms with Crippen LogP contribution < -0.4 is 0 Å². The van der Waals surface area contributed by atoms with Crippen LogP contribution in [0.3, 0.4) is 0 Å². The molecule has 0 amide bonds. The van der Waals surface area contributed by atoms with Crippen molar-refractivity contribution < 1.29 is 13.7 Å². The maximum atomic E-state index is 14.5. The fraction of sp³-hybridized carbons (Fsp3) is 0.310. The molecule has 1 atom stereocenters. The molecule has 0 bridgehead atoms. The van der Waals surface area contributed by atoms with E-state index in [9.17, 15) is 4.39 Å². The molecule has 5 nitrogen and oxygen atoms in total. The minimum atomic E-state index is -0.217. The first-order chi connectivity index (χ1) is 17.0. The number of hydrogen-bond donors (Lipinski definition) is 0. The number of benzene rings is 2. The van der Waals surface area contributed by atoms with Crippen molar-refractivity contribution >= 4 is 21.9 Å². The van der Waals surface area contributed by atoms with Crippen LogP contribution in [0.15, 0.2) is 59.3 Å². The van der Waals surface area contributed by atoms with E-state index < -0.39 is 0 Å². The number of halogens is 1. The zero-order valence-electron chi connectivity index (χ0n) is 20.2. The highest BCUT2D eigenvalue weighted by molar-refractivity contribution is 6.07. The summed E-state index contributed by atoms with van der Waals surface area (Å²) in [4.78, 5) is 4.95. The lowest BCUT2D eigenvalue weighted by molar-refractivity contribution is 0.0552. The van der Waals surface area contributed by atoms with Gasteiger partial charge in [-0.15, -0.1) is 0 Å². The fourth-order valence-electron chi connectivity index (χ4n) is 5.70. The van der Waals surface area contributed by atoms with Gasteiger partial charge in [-0.25, -0.2) is 4.39 Å². The van der Waals surface area contributed by atoms with Gasteiger partial charge in [-0.05, 0) is 74.9 Å². The molecule has 6 heteroatoms. The Kier molecular flexibility index (Phi) is 5.41. The van der Waals surface area contributed by atoms with Crippen LogP contribution >= 0.6 is 0 Å². The molecule has 0 radical (unpaired) electrons. The summed E-state index contributed by atoms with van der Waals surface area (Å²) in [5.74, 6) is 0.867. The molecule has 1 aliphatic rings. The Balaban J connectivity index is 1.68. The van der Waals surface area contributed by atoms with Gasteiger partial charge in [0, 0.05) is 35.9 Å². The topological polar surface area (TPSA) is 53.1 Å². The van der Waals surface area contributed by atoms with Gasteiger partial charge in [-0.2, -0.15) is 0 Å². The van der Waals surface area contributed by atoms with Crippen molar-refractivity contribution in [1.29, 1.82) is 0 Å². The van der Waals surface area contributed by atoms with Gasteiger partial charge in [0.1, 0.15) is 11.6 Å². The lowest BCUT2D eigenvalue weighted by Gasteiger charge is -2.33. The third-order valence-electron chi connectivity index (χ3n) is 7.30. The number of ether oxygens (including phenoxy) is 1. The first-order valence-corrected chi connectivity index (χ1v) is 12.2. The fourth-order valence-corrected chi connectivity index (χ4v) is 5.70. The molecule has 1 saturated heterocycles. The van der Waals surface area contributed by atoms with E-state index in [-0.39, 0.29) is 11.9 Å². The highest BCUT2D eigenvalue weighted by atomic mass is 19.1. The standard InChI is InChI=1S/C29H28FN3O2/c1-17-7-8-24-25(13-17)33(26-15-22(16-31-28(24)26)27-18(2)32-35-19(27)3)29(20-9-11-34-12-10-20)21-5-4-6-23(30)14-21/h4-8,13-16,20,29H,9-12H2,1-3H3. The van der Waals surface area contributed by atoms with Crippen molar-refractivity contribution in [1.82, 2.24) is 14.7 Å². The summed E-state index contributed by atoms with van der Waals surface area (Å²) in [7, 11) is 0. The van der Waals surface area contributed by atoms with Crippen LogP contribution in [-0.4, -0.2) is 27.9 Å². The second-order valence-electron chi connectivity index (χ2n) is 9.63. The van der Waals surface area contributed by atoms with Crippen molar-refractivity contribution in [2.24, 2.45) is 5.92 Å². The minimum absolute atomic E-state index is 0.0434. The summed E-state index contributed by atoms with van der Waals surface area (Å²) in [6.07, 6.45) is 3.75. The second kappa shape index (κ2) is 8.61. The van der Waals surface area contributed by atoms with Gasteiger partial charge < -0.3 is 13.8 Å². The molecule has 0 aliphatic carbocycles. The summed E-state index contributed by atoms with van der Waals surface area (Å²) in [5.41, 5.74) is 8.03. The molecule has 1 unspecified atom stereocenters. The largest absolute Gasteiger partial charge is 0.381 e. The average molecular weight is 470 g/mol. The Morgan fingerprint density at radius 1 is 1.00 bits per heavy atom. The Labute approximate surface area is 203 Å². The van der Waals surface area contributed by atoms with Crippen molar-refractivity contribution in [3.8, 4) is 11.1 Å². The molecule has 5 aromatic rings. The van der Waals surface area contributed by atoms with E-state index in [2.05, 4.69) is 40.9 Å². The number of aromatic nitrogens is 3. The van der Waals surface area contributed by atoms with Gasteiger partial charge in [0.25, 0.3) is 0 Å². The van der Waals surface area contributed by atoms with Crippen LogP contribution in [0.1, 0.15) is 41.5 Å². The van der Waals surface area contributed by atoms with Gasteiger partial charge in [-0.3, -0.25) is 4.98 Å². The molecular formula is C29H28FN3O2. The van der Waals surface area contributed by atoms with Gasteiger partial charge in [0.2, 0.25) is 0 Å². The van der Waals surface area contributed by atoms with E-state index in [1.807, 2.05) is 32.2 Å². The normalized spacial score (nSPS) is 15.8. The summed E-state index contributed by atoms with van der Waals surface area (Å²) in [6.45, 7) is 7.42. The minimum Gasteiger partial charge on any atom is -0.381 e. The molecule has 1 fully saturated rings. The maximum Gasteiger partial charge on any atom is 0.141 e. The van der Waals surface area contributed by atoms with Gasteiger partial charge >= 0.3 is 0 Å². The highest BCUT2D eigenvalue weighted by Crippen LogP contribution is 2.41. The summed E-state index contributed by atoms with van der Waals surface area (Å²) >= 11 is 0. The number of hydrogen-bond acceptors (Lipinski definition) is 4. The molecule has 35 heavy (non-hydrogen) atoms. The van der Waals surface area contributed by atoms with Gasteiger partial charge in [0.15, 0.2) is 0 Å². The van der Waals surface area contributed by atoms with E-state index in [1.165, 1.54) is 11.6 Å². The molecule has 0 saturated carbocycles. The monoisotopic (exact) mass is 469 g/mol. The lowest BCUT2D eigenvalue weighted by Crippen LogP contribution is -2.27. The quantitative estimate of drug-likeness (QED) is 0.287. The van der Waals surface area contributed by atoms with E-state index in [4.69, 9.17) is 14.2 Å². The van der Waals surface area contributed by atoms with Gasteiger partial charge in [0.05, 0.1) is 28.3 Å². The lowest BCUT2D eigenvalue weighted by atomic mass is 9.86. The van der Waals surface area contributed by atoms with E-state index in [0.717, 1.165) is 76.1 Å². The van der Waals surface area contributed by atoms with Crippen LogP contribution in [0, 0.1) is 32.5 Å². The number of rotatable bonds is 4. The summed E-state index contributed by atoms with van der Waals surface area (Å²) < 4.78 is 28.0. The smallest absolute Gasteiger partial charge is 0.141 e. The Morgan fingerprint density at radius 3 is 2.57 bits per heavy atom. The molecule has 1 aliphatic heterocycles. The SMILES string of the molecule is Cc1ccc2c3ncc(-c4c(C)noc4C)cc3n(C(c3cccc(F)c3)C3CCOCC3)c2c1. The maximum absolute atomic E-state index is 14.5. The van der Waals surface area contributed by atoms with Crippen LogP contribution in [0.5, 0.6) is 0 Å². The molecular weight excluding hydrogens is 441 g/mol.